The van der Waals surface area contributed by atoms with Crippen molar-refractivity contribution in [3.8, 4) is 0 Å². The van der Waals surface area contributed by atoms with Gasteiger partial charge in [-0.1, -0.05) is 22.3 Å². The highest BCUT2D eigenvalue weighted by atomic mass is 19.4. The fourth-order valence-electron chi connectivity index (χ4n) is 0.595. The first-order chi connectivity index (χ1) is 4.95. The van der Waals surface area contributed by atoms with Crippen LogP contribution in [0.1, 0.15) is 19.8 Å². The Morgan fingerprint density at radius 2 is 2.09 bits per heavy atom. The zero-order chi connectivity index (χ0) is 9.07. The van der Waals surface area contributed by atoms with Gasteiger partial charge in [-0.15, -0.1) is 0 Å². The average molecular weight is 171 g/mol. The van der Waals surface area contributed by atoms with E-state index in [9.17, 15) is 18.1 Å². The lowest BCUT2D eigenvalue weighted by atomic mass is 10.1. The SMILES string of the molecule is CCCC(F)(C(=O)O)N(F)F. The molecule has 0 aromatic heterocycles. The molecule has 0 spiro atoms. The first-order valence-electron chi connectivity index (χ1n) is 2.99. The molecule has 0 bridgehead atoms. The Labute approximate surface area is 61.3 Å². The van der Waals surface area contributed by atoms with Gasteiger partial charge in [-0.2, -0.15) is 0 Å². The van der Waals surface area contributed by atoms with Crippen LogP contribution in [0, 0.1) is 0 Å². The molecule has 1 unspecified atom stereocenters. The van der Waals surface area contributed by atoms with Gasteiger partial charge >= 0.3 is 11.8 Å². The monoisotopic (exact) mass is 171 g/mol. The highest BCUT2D eigenvalue weighted by Gasteiger charge is 2.46. The fraction of sp³-hybridized carbons (Fsp3) is 0.800. The number of halogens is 3. The molecule has 0 aliphatic heterocycles. The van der Waals surface area contributed by atoms with Crippen molar-refractivity contribution in [2.24, 2.45) is 0 Å². The van der Waals surface area contributed by atoms with Crippen molar-refractivity contribution in [1.82, 2.24) is 5.34 Å². The van der Waals surface area contributed by atoms with Crippen LogP contribution in [-0.2, 0) is 4.79 Å². The lowest BCUT2D eigenvalue weighted by Crippen LogP contribution is -2.43. The molecular weight excluding hydrogens is 163 g/mol. The highest BCUT2D eigenvalue weighted by molar-refractivity contribution is 5.76. The number of hydrogen-bond donors (Lipinski definition) is 1. The summed E-state index contributed by atoms with van der Waals surface area (Å²) in [5.74, 6) is -5.70. The molecule has 6 heteroatoms. The molecule has 0 aliphatic rings. The lowest BCUT2D eigenvalue weighted by molar-refractivity contribution is -0.278. The van der Waals surface area contributed by atoms with E-state index in [-0.39, 0.29) is 6.42 Å². The Morgan fingerprint density at radius 3 is 2.18 bits per heavy atom. The van der Waals surface area contributed by atoms with E-state index in [1.54, 1.807) is 0 Å². The van der Waals surface area contributed by atoms with Crippen LogP contribution >= 0.6 is 0 Å². The second-order valence-electron chi connectivity index (χ2n) is 2.05. The molecule has 3 nitrogen and oxygen atoms in total. The van der Waals surface area contributed by atoms with Crippen LogP contribution < -0.4 is 0 Å². The van der Waals surface area contributed by atoms with E-state index in [1.807, 2.05) is 0 Å². The number of carboxylic acids is 1. The number of rotatable bonds is 4. The van der Waals surface area contributed by atoms with E-state index in [1.165, 1.54) is 6.92 Å². The van der Waals surface area contributed by atoms with E-state index < -0.39 is 23.5 Å². The Kier molecular flexibility index (Phi) is 3.31. The summed E-state index contributed by atoms with van der Waals surface area (Å²) in [5.41, 5.74) is 0. The molecule has 66 valence electrons. The van der Waals surface area contributed by atoms with Crippen molar-refractivity contribution in [1.29, 1.82) is 0 Å². The van der Waals surface area contributed by atoms with Crippen molar-refractivity contribution >= 4 is 5.97 Å². The van der Waals surface area contributed by atoms with Gasteiger partial charge < -0.3 is 5.11 Å². The number of carboxylic acid groups (broad SMARTS) is 1. The van der Waals surface area contributed by atoms with Gasteiger partial charge in [-0.3, -0.25) is 0 Å². The van der Waals surface area contributed by atoms with Crippen molar-refractivity contribution in [2.75, 3.05) is 0 Å². The van der Waals surface area contributed by atoms with E-state index in [4.69, 9.17) is 5.11 Å². The van der Waals surface area contributed by atoms with E-state index in [2.05, 4.69) is 0 Å². The average Bonchev–Trinajstić information content (AvgIpc) is 1.87. The largest absolute Gasteiger partial charge is 0.478 e. The smallest absolute Gasteiger partial charge is 0.362 e. The highest BCUT2D eigenvalue weighted by Crippen LogP contribution is 2.24. The van der Waals surface area contributed by atoms with Crippen LogP contribution in [0.3, 0.4) is 0 Å². The van der Waals surface area contributed by atoms with Crippen molar-refractivity contribution < 1.29 is 23.3 Å². The summed E-state index contributed by atoms with van der Waals surface area (Å²) in [6.45, 7) is 1.42. The minimum Gasteiger partial charge on any atom is -0.478 e. The minimum atomic E-state index is -3.53. The van der Waals surface area contributed by atoms with Crippen LogP contribution in [0.25, 0.3) is 0 Å². The second-order valence-corrected chi connectivity index (χ2v) is 2.05. The summed E-state index contributed by atoms with van der Waals surface area (Å²) in [5, 5.41) is 6.12. The number of nitrogens with zero attached hydrogens (tertiary/aromatic N) is 1. The molecule has 0 amide bonds. The molecule has 0 aromatic rings. The van der Waals surface area contributed by atoms with E-state index in [0.29, 0.717) is 0 Å². The van der Waals surface area contributed by atoms with Gasteiger partial charge in [0.05, 0.1) is 5.34 Å². The van der Waals surface area contributed by atoms with Gasteiger partial charge in [0.2, 0.25) is 0 Å². The van der Waals surface area contributed by atoms with Gasteiger partial charge in [0.25, 0.3) is 0 Å². The maximum Gasteiger partial charge on any atom is 0.362 e. The number of carbonyl (C=O) groups is 1. The summed E-state index contributed by atoms with van der Waals surface area (Å²) in [7, 11) is 0. The summed E-state index contributed by atoms with van der Waals surface area (Å²) in [6, 6.07) is 0. The molecule has 0 rings (SSSR count). The summed E-state index contributed by atoms with van der Waals surface area (Å²) in [4.78, 5) is 9.96. The number of alkyl halides is 1. The molecule has 0 heterocycles. The molecule has 1 atom stereocenters. The Morgan fingerprint density at radius 1 is 1.64 bits per heavy atom. The van der Waals surface area contributed by atoms with Crippen molar-refractivity contribution in [2.45, 2.75) is 25.6 Å². The van der Waals surface area contributed by atoms with E-state index in [0.717, 1.165) is 0 Å². The molecule has 0 radical (unpaired) electrons. The van der Waals surface area contributed by atoms with Crippen LogP contribution in [-0.4, -0.2) is 22.2 Å². The lowest BCUT2D eigenvalue weighted by Gasteiger charge is -2.18. The van der Waals surface area contributed by atoms with Gasteiger partial charge in [0.1, 0.15) is 0 Å². The van der Waals surface area contributed by atoms with Crippen LogP contribution in [0.2, 0.25) is 0 Å². The predicted molar refractivity (Wildman–Crippen MR) is 30.4 cm³/mol. The summed E-state index contributed by atoms with van der Waals surface area (Å²) in [6.07, 6.45) is -0.692. The van der Waals surface area contributed by atoms with Gasteiger partial charge in [-0.25, -0.2) is 9.18 Å². The molecule has 0 fully saturated rings. The molecular formula is C5H8F3NO2. The quantitative estimate of drug-likeness (QED) is 0.516. The minimum absolute atomic E-state index is 0.0349. The van der Waals surface area contributed by atoms with Crippen LogP contribution in [0.4, 0.5) is 13.4 Å². The predicted octanol–water partition coefficient (Wildman–Crippen LogP) is 1.61. The molecule has 11 heavy (non-hydrogen) atoms. The standard InChI is InChI=1S/C5H8F3NO2/c1-2-3-5(6,4(10)11)9(7)8/h2-3H2,1H3,(H,10,11). The third kappa shape index (κ3) is 2.07. The fourth-order valence-corrected chi connectivity index (χ4v) is 0.595. The Balaban J connectivity index is 4.38. The molecule has 0 aliphatic carbocycles. The summed E-state index contributed by atoms with van der Waals surface area (Å²) >= 11 is 0. The van der Waals surface area contributed by atoms with Gasteiger partial charge in [0, 0.05) is 6.42 Å². The molecule has 0 aromatic carbocycles. The van der Waals surface area contributed by atoms with Gasteiger partial charge in [-0.05, 0) is 0 Å². The third-order valence-corrected chi connectivity index (χ3v) is 1.18. The van der Waals surface area contributed by atoms with Gasteiger partial charge in [0.15, 0.2) is 0 Å². The maximum atomic E-state index is 12.6. The molecule has 0 saturated heterocycles. The number of hydrogen-bond acceptors (Lipinski definition) is 2. The van der Waals surface area contributed by atoms with E-state index >= 15 is 0 Å². The third-order valence-electron chi connectivity index (χ3n) is 1.18. The first-order valence-corrected chi connectivity index (χ1v) is 2.99. The summed E-state index contributed by atoms with van der Waals surface area (Å²) < 4.78 is 35.8. The Hall–Kier alpha value is -0.780. The molecule has 1 N–H and O–H groups in total. The van der Waals surface area contributed by atoms with Crippen LogP contribution in [0.5, 0.6) is 0 Å². The van der Waals surface area contributed by atoms with Crippen molar-refractivity contribution in [3.05, 3.63) is 0 Å². The second kappa shape index (κ2) is 3.56. The molecule has 0 saturated carbocycles. The van der Waals surface area contributed by atoms with Crippen LogP contribution in [0.15, 0.2) is 0 Å². The Bertz CT molecular complexity index is 153. The zero-order valence-corrected chi connectivity index (χ0v) is 5.85. The first kappa shape index (κ1) is 10.2. The maximum absolute atomic E-state index is 12.6. The normalized spacial score (nSPS) is 16.5. The van der Waals surface area contributed by atoms with Crippen molar-refractivity contribution in [3.63, 3.8) is 0 Å². The zero-order valence-electron chi connectivity index (χ0n) is 5.85. The number of aliphatic carboxylic acids is 1. The topological polar surface area (TPSA) is 40.5 Å².